The molecule has 0 spiro atoms. The van der Waals surface area contributed by atoms with Gasteiger partial charge in [-0.2, -0.15) is 0 Å². The molecule has 7 heteroatoms. The summed E-state index contributed by atoms with van der Waals surface area (Å²) < 4.78 is 5.19. The fraction of sp³-hybridized carbons (Fsp3) is 0.190. The number of rotatable bonds is 5. The molecule has 2 aromatic carbocycles. The van der Waals surface area contributed by atoms with Crippen LogP contribution in [0.3, 0.4) is 0 Å². The molecule has 0 unspecified atom stereocenters. The molecule has 0 saturated carbocycles. The first-order chi connectivity index (χ1) is 13.5. The lowest BCUT2D eigenvalue weighted by atomic mass is 10.1. The summed E-state index contributed by atoms with van der Waals surface area (Å²) in [6.45, 7) is -0.442. The van der Waals surface area contributed by atoms with Gasteiger partial charge in [0.05, 0.1) is 11.1 Å². The number of nitrogens with one attached hydrogen (secondary N) is 1. The SMILES string of the molecule is NC(=O)c1c(NC(=O)COC(=O)c2cccc3ccccc23)sc2c1CCC2. The van der Waals surface area contributed by atoms with Gasteiger partial charge in [0, 0.05) is 4.88 Å². The summed E-state index contributed by atoms with van der Waals surface area (Å²) >= 11 is 1.36. The molecule has 142 valence electrons. The number of aryl methyl sites for hydroxylation is 1. The summed E-state index contributed by atoms with van der Waals surface area (Å²) in [6.07, 6.45) is 2.65. The maximum atomic E-state index is 12.4. The third-order valence-electron chi connectivity index (χ3n) is 4.76. The Morgan fingerprint density at radius 3 is 2.68 bits per heavy atom. The number of benzene rings is 2. The van der Waals surface area contributed by atoms with E-state index in [-0.39, 0.29) is 0 Å². The largest absolute Gasteiger partial charge is 0.452 e. The summed E-state index contributed by atoms with van der Waals surface area (Å²) in [5, 5.41) is 4.78. The standard InChI is InChI=1S/C21H18N2O4S/c22-19(25)18-15-9-4-10-16(15)28-20(18)23-17(24)11-27-21(26)14-8-3-6-12-5-1-2-7-13(12)14/h1-3,5-8H,4,9-11H2,(H2,22,25)(H,23,24). The second kappa shape index (κ2) is 7.44. The quantitative estimate of drug-likeness (QED) is 0.649. The van der Waals surface area contributed by atoms with Crippen LogP contribution in [-0.4, -0.2) is 24.4 Å². The molecule has 28 heavy (non-hydrogen) atoms. The number of nitrogens with two attached hydrogens (primary N) is 1. The topological polar surface area (TPSA) is 98.5 Å². The van der Waals surface area contributed by atoms with Crippen molar-refractivity contribution in [3.8, 4) is 0 Å². The van der Waals surface area contributed by atoms with Gasteiger partial charge in [-0.3, -0.25) is 9.59 Å². The number of carbonyl (C=O) groups is 3. The Morgan fingerprint density at radius 1 is 1.07 bits per heavy atom. The Morgan fingerprint density at radius 2 is 1.86 bits per heavy atom. The Kier molecular flexibility index (Phi) is 4.83. The van der Waals surface area contributed by atoms with Crippen molar-refractivity contribution in [2.75, 3.05) is 11.9 Å². The van der Waals surface area contributed by atoms with Crippen molar-refractivity contribution in [1.82, 2.24) is 0 Å². The molecule has 6 nitrogen and oxygen atoms in total. The van der Waals surface area contributed by atoms with E-state index in [0.717, 1.165) is 40.5 Å². The molecule has 2 amide bonds. The van der Waals surface area contributed by atoms with Crippen LogP contribution in [0.5, 0.6) is 0 Å². The van der Waals surface area contributed by atoms with Crippen LogP contribution in [0.15, 0.2) is 42.5 Å². The number of amides is 2. The number of primary amides is 1. The number of anilines is 1. The van der Waals surface area contributed by atoms with Gasteiger partial charge in [0.1, 0.15) is 5.00 Å². The lowest BCUT2D eigenvalue weighted by Crippen LogP contribution is -2.22. The van der Waals surface area contributed by atoms with Crippen LogP contribution in [-0.2, 0) is 22.4 Å². The molecule has 1 aliphatic carbocycles. The van der Waals surface area contributed by atoms with Gasteiger partial charge in [0.2, 0.25) is 0 Å². The van der Waals surface area contributed by atoms with Crippen LogP contribution in [0, 0.1) is 0 Å². The molecule has 0 saturated heterocycles. The van der Waals surface area contributed by atoms with E-state index < -0.39 is 24.4 Å². The fourth-order valence-electron chi connectivity index (χ4n) is 3.53. The zero-order valence-corrected chi connectivity index (χ0v) is 15.8. The Balaban J connectivity index is 1.45. The number of ether oxygens (including phenoxy) is 1. The lowest BCUT2D eigenvalue weighted by molar-refractivity contribution is -0.119. The Labute approximate surface area is 165 Å². The third kappa shape index (κ3) is 3.36. The van der Waals surface area contributed by atoms with Gasteiger partial charge in [-0.1, -0.05) is 36.4 Å². The molecule has 1 aliphatic rings. The van der Waals surface area contributed by atoms with Crippen molar-refractivity contribution in [1.29, 1.82) is 0 Å². The molecule has 0 aliphatic heterocycles. The summed E-state index contributed by atoms with van der Waals surface area (Å²) in [5.74, 6) is -1.63. The average molecular weight is 394 g/mol. The number of hydrogen-bond acceptors (Lipinski definition) is 5. The van der Waals surface area contributed by atoms with Crippen molar-refractivity contribution in [2.45, 2.75) is 19.3 Å². The first-order valence-electron chi connectivity index (χ1n) is 8.93. The van der Waals surface area contributed by atoms with Gasteiger partial charge >= 0.3 is 5.97 Å². The summed E-state index contributed by atoms with van der Waals surface area (Å²) in [6, 6.07) is 12.8. The van der Waals surface area contributed by atoms with Crippen LogP contribution >= 0.6 is 11.3 Å². The Hall–Kier alpha value is -3.19. The monoisotopic (exact) mass is 394 g/mol. The number of fused-ring (bicyclic) bond motifs is 2. The molecule has 0 fully saturated rings. The van der Waals surface area contributed by atoms with Crippen molar-refractivity contribution in [3.63, 3.8) is 0 Å². The molecular formula is C21H18N2O4S. The zero-order chi connectivity index (χ0) is 19.7. The van der Waals surface area contributed by atoms with Gasteiger partial charge < -0.3 is 15.8 Å². The van der Waals surface area contributed by atoms with E-state index in [1.54, 1.807) is 12.1 Å². The van der Waals surface area contributed by atoms with Gasteiger partial charge in [-0.05, 0) is 41.7 Å². The van der Waals surface area contributed by atoms with Gasteiger partial charge in [0.15, 0.2) is 6.61 Å². The van der Waals surface area contributed by atoms with Crippen LogP contribution in [0.2, 0.25) is 0 Å². The second-order valence-electron chi connectivity index (χ2n) is 6.58. The molecule has 1 aromatic heterocycles. The highest BCUT2D eigenvalue weighted by Gasteiger charge is 2.26. The highest BCUT2D eigenvalue weighted by molar-refractivity contribution is 7.17. The van der Waals surface area contributed by atoms with Gasteiger partial charge in [0.25, 0.3) is 11.8 Å². The highest BCUT2D eigenvalue weighted by atomic mass is 32.1. The Bertz CT molecular complexity index is 1100. The third-order valence-corrected chi connectivity index (χ3v) is 5.97. The van der Waals surface area contributed by atoms with Gasteiger partial charge in [-0.15, -0.1) is 11.3 Å². The van der Waals surface area contributed by atoms with Crippen molar-refractivity contribution >= 4 is 44.9 Å². The zero-order valence-electron chi connectivity index (χ0n) is 15.0. The first-order valence-corrected chi connectivity index (χ1v) is 9.75. The first kappa shape index (κ1) is 18.2. The normalized spacial score (nSPS) is 12.6. The highest BCUT2D eigenvalue weighted by Crippen LogP contribution is 2.38. The van der Waals surface area contributed by atoms with E-state index in [4.69, 9.17) is 10.5 Å². The minimum Gasteiger partial charge on any atom is -0.452 e. The minimum atomic E-state index is -0.573. The van der Waals surface area contributed by atoms with E-state index in [1.807, 2.05) is 30.3 Å². The summed E-state index contributed by atoms with van der Waals surface area (Å²) in [4.78, 5) is 37.6. The molecule has 4 rings (SSSR count). The van der Waals surface area contributed by atoms with Crippen molar-refractivity contribution < 1.29 is 19.1 Å². The van der Waals surface area contributed by atoms with Gasteiger partial charge in [-0.25, -0.2) is 4.79 Å². The van der Waals surface area contributed by atoms with E-state index in [1.165, 1.54) is 11.3 Å². The summed E-state index contributed by atoms with van der Waals surface area (Å²) in [5.41, 5.74) is 7.20. The molecule has 0 bridgehead atoms. The minimum absolute atomic E-state index is 0.381. The van der Waals surface area contributed by atoms with E-state index in [0.29, 0.717) is 16.1 Å². The number of hydrogen-bond donors (Lipinski definition) is 2. The van der Waals surface area contributed by atoms with E-state index in [9.17, 15) is 14.4 Å². The fourth-order valence-corrected chi connectivity index (χ4v) is 4.84. The predicted octanol–water partition coefficient (Wildman–Crippen LogP) is 3.28. The average Bonchev–Trinajstić information content (AvgIpc) is 3.26. The smallest absolute Gasteiger partial charge is 0.339 e. The maximum Gasteiger partial charge on any atom is 0.339 e. The number of carbonyl (C=O) groups excluding carboxylic acids is 3. The molecule has 3 N–H and O–H groups in total. The molecule has 3 aromatic rings. The van der Waals surface area contributed by atoms with E-state index >= 15 is 0 Å². The lowest BCUT2D eigenvalue weighted by Gasteiger charge is -2.08. The summed E-state index contributed by atoms with van der Waals surface area (Å²) in [7, 11) is 0. The molecule has 0 atom stereocenters. The van der Waals surface area contributed by atoms with Crippen LogP contribution in [0.4, 0.5) is 5.00 Å². The predicted molar refractivity (Wildman–Crippen MR) is 108 cm³/mol. The number of esters is 1. The van der Waals surface area contributed by atoms with Crippen molar-refractivity contribution in [2.24, 2.45) is 5.73 Å². The van der Waals surface area contributed by atoms with Crippen LogP contribution < -0.4 is 11.1 Å². The van der Waals surface area contributed by atoms with Crippen molar-refractivity contribution in [3.05, 3.63) is 64.0 Å². The maximum absolute atomic E-state index is 12.4. The number of thiophene rings is 1. The second-order valence-corrected chi connectivity index (χ2v) is 7.68. The molecule has 1 heterocycles. The van der Waals surface area contributed by atoms with Crippen LogP contribution in [0.25, 0.3) is 10.8 Å². The molecule has 0 radical (unpaired) electrons. The van der Waals surface area contributed by atoms with Crippen LogP contribution in [0.1, 0.15) is 37.6 Å². The molecular weight excluding hydrogens is 376 g/mol. The van der Waals surface area contributed by atoms with E-state index in [2.05, 4.69) is 5.32 Å².